The molecule has 48 heavy (non-hydrogen) atoms. The van der Waals surface area contributed by atoms with E-state index in [1.54, 1.807) is 13.8 Å². The number of rotatable bonds is 11. The normalized spacial score (nSPS) is 24.6. The Morgan fingerprint density at radius 2 is 1.44 bits per heavy atom. The highest BCUT2D eigenvalue weighted by Gasteiger charge is 2.34. The minimum Gasteiger partial charge on any atom is -0.460 e. The molecule has 1 aliphatic heterocycles. The molecule has 1 fully saturated rings. The van der Waals surface area contributed by atoms with Crippen molar-refractivity contribution in [3.05, 3.63) is 35.9 Å². The highest BCUT2D eigenvalue weighted by Crippen LogP contribution is 2.21. The van der Waals surface area contributed by atoms with Gasteiger partial charge in [-0.05, 0) is 43.1 Å². The molecule has 1 heterocycles. The van der Waals surface area contributed by atoms with E-state index in [0.29, 0.717) is 6.42 Å². The molecular weight excluding hydrogens is 614 g/mol. The van der Waals surface area contributed by atoms with Gasteiger partial charge in [0.25, 0.3) is 0 Å². The van der Waals surface area contributed by atoms with Crippen molar-refractivity contribution >= 4 is 35.5 Å². The molecule has 6 atom stereocenters. The molecule has 1 saturated heterocycles. The maximum atomic E-state index is 13.8. The summed E-state index contributed by atoms with van der Waals surface area (Å²) in [7, 11) is 0. The first-order valence-electron chi connectivity index (χ1n) is 17.4. The van der Waals surface area contributed by atoms with Crippen molar-refractivity contribution < 1.29 is 33.5 Å². The van der Waals surface area contributed by atoms with Gasteiger partial charge in [-0.3, -0.25) is 24.0 Å². The molecule has 1 aromatic carbocycles. The number of esters is 1. The predicted octanol–water partition coefficient (Wildman–Crippen LogP) is 2.93. The maximum absolute atomic E-state index is 13.8. The quantitative estimate of drug-likeness (QED) is 0.178. The molecule has 0 spiro atoms. The Bertz CT molecular complexity index is 1220. The van der Waals surface area contributed by atoms with Crippen LogP contribution in [0.25, 0.3) is 0 Å². The largest absolute Gasteiger partial charge is 0.460 e. The van der Waals surface area contributed by atoms with E-state index >= 15 is 0 Å². The zero-order valence-corrected chi connectivity index (χ0v) is 29.7. The molecule has 1 unspecified atom stereocenters. The second kappa shape index (κ2) is 20.4. The molecule has 2 rings (SSSR count). The first-order valence-corrected chi connectivity index (χ1v) is 17.4. The van der Waals surface area contributed by atoms with E-state index < -0.39 is 65.8 Å². The fraction of sp³-hybridized carbons (Fsp3) is 0.667. The standard InChI is InChI=1S/C36H57N5O7/c1-8-9-10-12-15-24(6)29-20-30(42)37-21-31(43)41-32(23(4)5)35(46)39-27(18-22(2)3)34(45)38-25(7)33(44)40-28(36(47)48-29)19-26-16-13-11-14-17-26/h11,13-14,16-17,22-25,27-29,32H,8-10,12,15,18-21H2,1-7H3,(H,37,42)(H,38,45)(H,39,46)(H,40,44)(H,41,43)/t24?,25-,27+,28-,29-,32-/m0/s1. The number of hydrogen-bond acceptors (Lipinski definition) is 7. The third-order valence-electron chi connectivity index (χ3n) is 8.49. The number of carbonyl (C=O) groups is 6. The van der Waals surface area contributed by atoms with Crippen molar-refractivity contribution in [1.82, 2.24) is 26.6 Å². The summed E-state index contributed by atoms with van der Waals surface area (Å²) in [6.07, 6.45) is 4.15. The summed E-state index contributed by atoms with van der Waals surface area (Å²) >= 11 is 0. The van der Waals surface area contributed by atoms with Crippen molar-refractivity contribution in [2.75, 3.05) is 6.54 Å². The average Bonchev–Trinajstić information content (AvgIpc) is 3.03. The highest BCUT2D eigenvalue weighted by molar-refractivity contribution is 5.95. The molecule has 0 radical (unpaired) electrons. The Morgan fingerprint density at radius 1 is 0.771 bits per heavy atom. The monoisotopic (exact) mass is 671 g/mol. The second-order valence-electron chi connectivity index (χ2n) is 13.7. The van der Waals surface area contributed by atoms with Crippen molar-refractivity contribution in [3.8, 4) is 0 Å². The molecule has 12 heteroatoms. The summed E-state index contributed by atoms with van der Waals surface area (Å²) in [5, 5.41) is 13.4. The number of benzene rings is 1. The Balaban J connectivity index is 2.46. The van der Waals surface area contributed by atoms with Crippen molar-refractivity contribution in [3.63, 3.8) is 0 Å². The lowest BCUT2D eigenvalue weighted by atomic mass is 9.94. The summed E-state index contributed by atoms with van der Waals surface area (Å²) in [6.45, 7) is 12.5. The van der Waals surface area contributed by atoms with Crippen LogP contribution < -0.4 is 26.6 Å². The Labute approximate surface area is 285 Å². The van der Waals surface area contributed by atoms with Gasteiger partial charge < -0.3 is 31.3 Å². The van der Waals surface area contributed by atoms with Crippen LogP contribution in [0.1, 0.15) is 99.0 Å². The molecule has 0 saturated carbocycles. The summed E-state index contributed by atoms with van der Waals surface area (Å²) in [5.74, 6) is -4.00. The maximum Gasteiger partial charge on any atom is 0.329 e. The zero-order chi connectivity index (χ0) is 35.8. The summed E-state index contributed by atoms with van der Waals surface area (Å²) in [4.78, 5) is 80.0. The van der Waals surface area contributed by atoms with Gasteiger partial charge in [0.2, 0.25) is 29.5 Å². The lowest BCUT2D eigenvalue weighted by Crippen LogP contribution is -2.58. The van der Waals surface area contributed by atoms with Gasteiger partial charge in [0.05, 0.1) is 13.0 Å². The Morgan fingerprint density at radius 3 is 2.06 bits per heavy atom. The van der Waals surface area contributed by atoms with E-state index in [-0.39, 0.29) is 43.6 Å². The van der Waals surface area contributed by atoms with Gasteiger partial charge in [-0.2, -0.15) is 0 Å². The van der Waals surface area contributed by atoms with E-state index in [4.69, 9.17) is 4.74 Å². The highest BCUT2D eigenvalue weighted by atomic mass is 16.5. The second-order valence-corrected chi connectivity index (χ2v) is 13.7. The van der Waals surface area contributed by atoms with Crippen LogP contribution in [0.5, 0.6) is 0 Å². The molecule has 1 aliphatic rings. The molecule has 0 aliphatic carbocycles. The third-order valence-corrected chi connectivity index (χ3v) is 8.49. The molecule has 12 nitrogen and oxygen atoms in total. The average molecular weight is 672 g/mol. The van der Waals surface area contributed by atoms with Crippen LogP contribution in [0.2, 0.25) is 0 Å². The Kier molecular flexibility index (Phi) is 17.1. The van der Waals surface area contributed by atoms with E-state index in [1.165, 1.54) is 6.92 Å². The number of ether oxygens (including phenoxy) is 1. The van der Waals surface area contributed by atoms with Crippen molar-refractivity contribution in [2.45, 2.75) is 130 Å². The fourth-order valence-corrected chi connectivity index (χ4v) is 5.55. The van der Waals surface area contributed by atoms with Crippen molar-refractivity contribution in [2.24, 2.45) is 17.8 Å². The first-order chi connectivity index (χ1) is 22.7. The van der Waals surface area contributed by atoms with Gasteiger partial charge in [-0.15, -0.1) is 0 Å². The number of hydrogen-bond donors (Lipinski definition) is 5. The smallest absolute Gasteiger partial charge is 0.329 e. The summed E-state index contributed by atoms with van der Waals surface area (Å²) < 4.78 is 5.99. The summed E-state index contributed by atoms with van der Waals surface area (Å²) in [5.41, 5.74) is 0.780. The van der Waals surface area contributed by atoms with Crippen LogP contribution in [0.15, 0.2) is 30.3 Å². The number of unbranched alkanes of at least 4 members (excludes halogenated alkanes) is 3. The molecule has 1 aromatic rings. The number of cyclic esters (lactones) is 1. The van der Waals surface area contributed by atoms with Crippen LogP contribution in [-0.2, 0) is 39.9 Å². The fourth-order valence-electron chi connectivity index (χ4n) is 5.55. The molecule has 0 bridgehead atoms. The van der Waals surface area contributed by atoms with E-state index in [1.807, 2.05) is 51.1 Å². The number of amides is 5. The SMILES string of the molecule is CCCCCCC(C)[C@@H]1CC(=O)NCC(=O)N[C@@H](C(C)C)C(=O)N[C@H](CC(C)C)C(=O)N[C@@H](C)C(=O)N[C@@H](Cc2ccccc2)C(=O)O1. The van der Waals surface area contributed by atoms with E-state index in [9.17, 15) is 28.8 Å². The van der Waals surface area contributed by atoms with Gasteiger partial charge in [-0.25, -0.2) is 4.79 Å². The van der Waals surface area contributed by atoms with E-state index in [2.05, 4.69) is 33.5 Å². The lowest BCUT2D eigenvalue weighted by Gasteiger charge is -2.28. The van der Waals surface area contributed by atoms with Gasteiger partial charge in [0.15, 0.2) is 0 Å². The first kappa shape index (κ1) is 40.2. The molecular formula is C36H57N5O7. The minimum atomic E-state index is -1.11. The molecule has 268 valence electrons. The third kappa shape index (κ3) is 14.0. The molecule has 5 N–H and O–H groups in total. The molecule has 0 aromatic heterocycles. The van der Waals surface area contributed by atoms with Crippen LogP contribution in [-0.4, -0.2) is 72.3 Å². The van der Waals surface area contributed by atoms with E-state index in [0.717, 1.165) is 31.2 Å². The Hall–Kier alpha value is -3.96. The van der Waals surface area contributed by atoms with Crippen LogP contribution in [0.4, 0.5) is 0 Å². The van der Waals surface area contributed by atoms with Gasteiger partial charge >= 0.3 is 5.97 Å². The molecule has 5 amide bonds. The van der Waals surface area contributed by atoms with Crippen molar-refractivity contribution in [1.29, 1.82) is 0 Å². The van der Waals surface area contributed by atoms with Crippen LogP contribution >= 0.6 is 0 Å². The van der Waals surface area contributed by atoms with Crippen LogP contribution in [0.3, 0.4) is 0 Å². The van der Waals surface area contributed by atoms with Crippen LogP contribution in [0, 0.1) is 17.8 Å². The van der Waals surface area contributed by atoms with Gasteiger partial charge in [0.1, 0.15) is 30.3 Å². The zero-order valence-electron chi connectivity index (χ0n) is 29.7. The minimum absolute atomic E-state index is 0.0149. The van der Waals surface area contributed by atoms with Gasteiger partial charge in [-0.1, -0.05) is 97.6 Å². The number of nitrogens with one attached hydrogen (secondary N) is 5. The lowest BCUT2D eigenvalue weighted by molar-refractivity contribution is -0.157. The topological polar surface area (TPSA) is 172 Å². The predicted molar refractivity (Wildman–Crippen MR) is 183 cm³/mol. The number of carbonyl (C=O) groups excluding carboxylic acids is 6. The van der Waals surface area contributed by atoms with Gasteiger partial charge in [0, 0.05) is 6.42 Å². The summed E-state index contributed by atoms with van der Waals surface area (Å²) in [6, 6.07) is 5.01.